The molecule has 3 unspecified atom stereocenters. The summed E-state index contributed by atoms with van der Waals surface area (Å²) in [7, 11) is 0. The van der Waals surface area contributed by atoms with Crippen molar-refractivity contribution in [3.8, 4) is 0 Å². The second-order valence-corrected chi connectivity index (χ2v) is 6.78. The Labute approximate surface area is 105 Å². The van der Waals surface area contributed by atoms with Crippen LogP contribution in [0.4, 0.5) is 0 Å². The molecule has 3 atom stereocenters. The molecular weight excluding hydrogens is 212 g/mol. The maximum Gasteiger partial charge on any atom is 0.240 e. The Hall–Kier alpha value is -0.570. The van der Waals surface area contributed by atoms with Gasteiger partial charge in [-0.1, -0.05) is 33.6 Å². The Morgan fingerprint density at radius 3 is 2.53 bits per heavy atom. The maximum absolute atomic E-state index is 12.4. The van der Waals surface area contributed by atoms with E-state index in [2.05, 4.69) is 4.90 Å². The van der Waals surface area contributed by atoms with Gasteiger partial charge in [-0.25, -0.2) is 0 Å². The van der Waals surface area contributed by atoms with Crippen LogP contribution in [0.5, 0.6) is 0 Å². The molecule has 1 amide bonds. The summed E-state index contributed by atoms with van der Waals surface area (Å²) < 4.78 is 0. The van der Waals surface area contributed by atoms with Crippen LogP contribution in [0.3, 0.4) is 0 Å². The first-order valence-corrected chi connectivity index (χ1v) is 6.97. The summed E-state index contributed by atoms with van der Waals surface area (Å²) >= 11 is 0. The molecule has 2 fully saturated rings. The van der Waals surface area contributed by atoms with Crippen LogP contribution in [0.1, 0.15) is 52.9 Å². The Kier molecular flexibility index (Phi) is 3.48. The molecular formula is C14H26N2O. The molecule has 17 heavy (non-hydrogen) atoms. The molecule has 0 radical (unpaired) electrons. The Bertz CT molecular complexity index is 295. The fourth-order valence-electron chi connectivity index (χ4n) is 3.23. The molecule has 98 valence electrons. The molecule has 1 saturated heterocycles. The summed E-state index contributed by atoms with van der Waals surface area (Å²) in [5.41, 5.74) is 5.97. The molecule has 1 aliphatic heterocycles. The standard InChI is InChI=1S/C14H26N2O/c1-14(2,3)12(15)13(17)16-9-8-10-6-4-5-7-11(10)16/h10-12H,4-9,15H2,1-3H3. The molecule has 1 heterocycles. The van der Waals surface area contributed by atoms with Crippen molar-refractivity contribution in [2.45, 2.75) is 65.0 Å². The van der Waals surface area contributed by atoms with Gasteiger partial charge >= 0.3 is 0 Å². The lowest BCUT2D eigenvalue weighted by molar-refractivity contribution is -0.136. The van der Waals surface area contributed by atoms with Crippen LogP contribution in [-0.4, -0.2) is 29.4 Å². The van der Waals surface area contributed by atoms with Gasteiger partial charge in [0.1, 0.15) is 0 Å². The smallest absolute Gasteiger partial charge is 0.240 e. The Morgan fingerprint density at radius 1 is 1.24 bits per heavy atom. The van der Waals surface area contributed by atoms with Crippen LogP contribution in [0.25, 0.3) is 0 Å². The van der Waals surface area contributed by atoms with E-state index in [1.54, 1.807) is 0 Å². The van der Waals surface area contributed by atoms with Gasteiger partial charge in [-0.2, -0.15) is 0 Å². The maximum atomic E-state index is 12.4. The monoisotopic (exact) mass is 238 g/mol. The number of fused-ring (bicyclic) bond motifs is 1. The van der Waals surface area contributed by atoms with E-state index in [1.165, 1.54) is 32.1 Å². The van der Waals surface area contributed by atoms with Crippen molar-refractivity contribution in [2.24, 2.45) is 17.1 Å². The molecule has 0 aromatic carbocycles. The fourth-order valence-corrected chi connectivity index (χ4v) is 3.23. The lowest BCUT2D eigenvalue weighted by Gasteiger charge is -2.36. The Morgan fingerprint density at radius 2 is 1.88 bits per heavy atom. The van der Waals surface area contributed by atoms with Crippen molar-refractivity contribution >= 4 is 5.91 Å². The van der Waals surface area contributed by atoms with E-state index in [4.69, 9.17) is 5.73 Å². The quantitative estimate of drug-likeness (QED) is 0.761. The first-order chi connectivity index (χ1) is 7.91. The fraction of sp³-hybridized carbons (Fsp3) is 0.929. The van der Waals surface area contributed by atoms with Gasteiger partial charge in [0.15, 0.2) is 0 Å². The van der Waals surface area contributed by atoms with Crippen molar-refractivity contribution < 1.29 is 4.79 Å². The Balaban J connectivity index is 2.05. The van der Waals surface area contributed by atoms with Crippen molar-refractivity contribution in [3.63, 3.8) is 0 Å². The molecule has 0 spiro atoms. The highest BCUT2D eigenvalue weighted by atomic mass is 16.2. The summed E-state index contributed by atoms with van der Waals surface area (Å²) in [5.74, 6) is 0.923. The number of amides is 1. The molecule has 0 bridgehead atoms. The third-order valence-corrected chi connectivity index (χ3v) is 4.49. The molecule has 0 aromatic heterocycles. The number of carbonyl (C=O) groups is 1. The largest absolute Gasteiger partial charge is 0.338 e. The first-order valence-electron chi connectivity index (χ1n) is 6.97. The highest BCUT2D eigenvalue weighted by Gasteiger charge is 2.41. The van der Waals surface area contributed by atoms with E-state index in [-0.39, 0.29) is 17.4 Å². The van der Waals surface area contributed by atoms with E-state index in [0.29, 0.717) is 6.04 Å². The van der Waals surface area contributed by atoms with Crippen molar-refractivity contribution in [2.75, 3.05) is 6.54 Å². The van der Waals surface area contributed by atoms with E-state index < -0.39 is 0 Å². The van der Waals surface area contributed by atoms with E-state index in [1.807, 2.05) is 20.8 Å². The minimum atomic E-state index is -0.358. The molecule has 2 N–H and O–H groups in total. The molecule has 3 nitrogen and oxygen atoms in total. The lowest BCUT2D eigenvalue weighted by Crippen LogP contribution is -2.52. The molecule has 1 saturated carbocycles. The minimum absolute atomic E-state index is 0.135. The first kappa shape index (κ1) is 12.9. The molecule has 2 rings (SSSR count). The van der Waals surface area contributed by atoms with Crippen molar-refractivity contribution in [1.82, 2.24) is 4.90 Å². The SMILES string of the molecule is CC(C)(C)C(N)C(=O)N1CCC2CCCCC21. The van der Waals surface area contributed by atoms with Gasteiger partial charge in [0.25, 0.3) is 0 Å². The topological polar surface area (TPSA) is 46.3 Å². The summed E-state index contributed by atoms with van der Waals surface area (Å²) in [6, 6.07) is 0.132. The predicted molar refractivity (Wildman–Crippen MR) is 69.5 cm³/mol. The number of nitrogens with zero attached hydrogens (tertiary/aromatic N) is 1. The molecule has 0 aromatic rings. The van der Waals surface area contributed by atoms with Gasteiger partial charge in [-0.05, 0) is 30.6 Å². The molecule has 2 aliphatic rings. The normalized spacial score (nSPS) is 31.2. The van der Waals surface area contributed by atoms with Crippen molar-refractivity contribution in [1.29, 1.82) is 0 Å². The van der Waals surface area contributed by atoms with Crippen LogP contribution in [-0.2, 0) is 4.79 Å². The van der Waals surface area contributed by atoms with Gasteiger partial charge < -0.3 is 10.6 Å². The van der Waals surface area contributed by atoms with Gasteiger partial charge in [-0.15, -0.1) is 0 Å². The summed E-state index contributed by atoms with van der Waals surface area (Å²) in [5, 5.41) is 0. The average Bonchev–Trinajstić information content (AvgIpc) is 2.69. The van der Waals surface area contributed by atoms with E-state index in [9.17, 15) is 4.79 Å². The average molecular weight is 238 g/mol. The summed E-state index contributed by atoms with van der Waals surface area (Å²) in [4.78, 5) is 14.5. The number of hydrogen-bond acceptors (Lipinski definition) is 2. The van der Waals surface area contributed by atoms with Crippen LogP contribution in [0.2, 0.25) is 0 Å². The molecule has 3 heteroatoms. The van der Waals surface area contributed by atoms with Crippen LogP contribution >= 0.6 is 0 Å². The van der Waals surface area contributed by atoms with Crippen LogP contribution < -0.4 is 5.73 Å². The third-order valence-electron chi connectivity index (χ3n) is 4.49. The number of carbonyl (C=O) groups excluding carboxylic acids is 1. The number of nitrogens with two attached hydrogens (primary N) is 1. The van der Waals surface area contributed by atoms with E-state index in [0.717, 1.165) is 12.5 Å². The van der Waals surface area contributed by atoms with Crippen LogP contribution in [0.15, 0.2) is 0 Å². The zero-order valence-corrected chi connectivity index (χ0v) is 11.4. The van der Waals surface area contributed by atoms with Gasteiger partial charge in [0.2, 0.25) is 5.91 Å². The summed E-state index contributed by atoms with van der Waals surface area (Å²) in [6.45, 7) is 7.07. The number of likely N-dealkylation sites (tertiary alicyclic amines) is 1. The van der Waals surface area contributed by atoms with Gasteiger partial charge in [-0.3, -0.25) is 4.79 Å². The van der Waals surface area contributed by atoms with Gasteiger partial charge in [0.05, 0.1) is 6.04 Å². The second kappa shape index (κ2) is 4.60. The highest BCUT2D eigenvalue weighted by molar-refractivity contribution is 5.83. The predicted octanol–water partition coefficient (Wildman–Crippen LogP) is 2.15. The molecule has 1 aliphatic carbocycles. The highest BCUT2D eigenvalue weighted by Crippen LogP contribution is 2.37. The van der Waals surface area contributed by atoms with Gasteiger partial charge in [0, 0.05) is 12.6 Å². The summed E-state index contributed by atoms with van der Waals surface area (Å²) in [6.07, 6.45) is 6.30. The third kappa shape index (κ3) is 2.49. The minimum Gasteiger partial charge on any atom is -0.338 e. The number of hydrogen-bond donors (Lipinski definition) is 1. The van der Waals surface area contributed by atoms with E-state index >= 15 is 0 Å². The van der Waals surface area contributed by atoms with Crippen LogP contribution in [0, 0.1) is 11.3 Å². The second-order valence-electron chi connectivity index (χ2n) is 6.78. The lowest BCUT2D eigenvalue weighted by atomic mass is 9.83. The zero-order valence-electron chi connectivity index (χ0n) is 11.4. The van der Waals surface area contributed by atoms with Crippen molar-refractivity contribution in [3.05, 3.63) is 0 Å². The number of rotatable bonds is 1. The zero-order chi connectivity index (χ0) is 12.6.